The van der Waals surface area contributed by atoms with E-state index in [9.17, 15) is 9.90 Å². The second kappa shape index (κ2) is 4.62. The molecule has 5 nitrogen and oxygen atoms in total. The van der Waals surface area contributed by atoms with E-state index in [-0.39, 0.29) is 11.3 Å². The summed E-state index contributed by atoms with van der Waals surface area (Å²) in [5, 5.41) is 13.4. The summed E-state index contributed by atoms with van der Waals surface area (Å²) in [4.78, 5) is 15.3. The number of aromatic amines is 1. The minimum atomic E-state index is -0.400. The van der Waals surface area contributed by atoms with E-state index in [2.05, 4.69) is 10.3 Å². The zero-order valence-electron chi connectivity index (χ0n) is 10.6. The second-order valence-electron chi connectivity index (χ2n) is 4.48. The number of phenols is 1. The van der Waals surface area contributed by atoms with Crippen molar-refractivity contribution in [2.24, 2.45) is 0 Å². The second-order valence-corrected chi connectivity index (χ2v) is 4.48. The fourth-order valence-corrected chi connectivity index (χ4v) is 2.12. The van der Waals surface area contributed by atoms with Crippen molar-refractivity contribution in [1.82, 2.24) is 4.98 Å². The van der Waals surface area contributed by atoms with Crippen LogP contribution in [0, 0.1) is 0 Å². The molecule has 100 valence electrons. The summed E-state index contributed by atoms with van der Waals surface area (Å²) in [5.41, 5.74) is 7.82. The molecule has 0 atom stereocenters. The van der Waals surface area contributed by atoms with Crippen molar-refractivity contribution < 1.29 is 9.90 Å². The van der Waals surface area contributed by atoms with E-state index < -0.39 is 5.91 Å². The molecule has 0 spiro atoms. The van der Waals surface area contributed by atoms with Crippen molar-refractivity contribution in [3.05, 3.63) is 54.2 Å². The molecular formula is C15H13N3O2. The number of anilines is 2. The summed E-state index contributed by atoms with van der Waals surface area (Å²) in [6, 6.07) is 11.8. The molecule has 1 heterocycles. The van der Waals surface area contributed by atoms with E-state index in [4.69, 9.17) is 5.73 Å². The van der Waals surface area contributed by atoms with Gasteiger partial charge in [-0.2, -0.15) is 0 Å². The molecule has 5 heteroatoms. The number of fused-ring (bicyclic) bond motifs is 1. The van der Waals surface area contributed by atoms with Crippen LogP contribution in [0.3, 0.4) is 0 Å². The van der Waals surface area contributed by atoms with Crippen LogP contribution in [-0.4, -0.2) is 16.0 Å². The van der Waals surface area contributed by atoms with Crippen molar-refractivity contribution in [1.29, 1.82) is 0 Å². The van der Waals surface area contributed by atoms with Gasteiger partial charge in [0.2, 0.25) is 0 Å². The van der Waals surface area contributed by atoms with Crippen LogP contribution >= 0.6 is 0 Å². The van der Waals surface area contributed by atoms with Crippen LogP contribution in [-0.2, 0) is 0 Å². The number of hydrogen-bond acceptors (Lipinski definition) is 3. The average molecular weight is 267 g/mol. The fourth-order valence-electron chi connectivity index (χ4n) is 2.12. The van der Waals surface area contributed by atoms with Crippen LogP contribution in [0.4, 0.5) is 11.4 Å². The molecule has 1 amide bonds. The summed E-state index contributed by atoms with van der Waals surface area (Å²) in [6.45, 7) is 0. The summed E-state index contributed by atoms with van der Waals surface area (Å²) in [5.74, 6) is -0.499. The average Bonchev–Trinajstić information content (AvgIpc) is 2.91. The summed E-state index contributed by atoms with van der Waals surface area (Å²) >= 11 is 0. The predicted molar refractivity (Wildman–Crippen MR) is 78.8 cm³/mol. The van der Waals surface area contributed by atoms with Gasteiger partial charge in [-0.25, -0.2) is 0 Å². The Labute approximate surface area is 115 Å². The summed E-state index contributed by atoms with van der Waals surface area (Å²) < 4.78 is 0. The van der Waals surface area contributed by atoms with E-state index in [1.54, 1.807) is 18.3 Å². The van der Waals surface area contributed by atoms with Crippen molar-refractivity contribution in [2.45, 2.75) is 0 Å². The van der Waals surface area contributed by atoms with Crippen LogP contribution < -0.4 is 11.1 Å². The van der Waals surface area contributed by atoms with Gasteiger partial charge in [-0.1, -0.05) is 6.07 Å². The Morgan fingerprint density at radius 3 is 2.90 bits per heavy atom. The summed E-state index contributed by atoms with van der Waals surface area (Å²) in [7, 11) is 0. The van der Waals surface area contributed by atoms with Crippen LogP contribution in [0.2, 0.25) is 0 Å². The molecule has 0 bridgehead atoms. The van der Waals surface area contributed by atoms with Crippen molar-refractivity contribution in [2.75, 3.05) is 11.1 Å². The molecular weight excluding hydrogens is 254 g/mol. The Bertz CT molecular complexity index is 793. The number of nitrogen functional groups attached to an aromatic ring is 1. The number of carbonyl (C=O) groups excluding carboxylic acids is 1. The topological polar surface area (TPSA) is 91.1 Å². The number of nitrogens with one attached hydrogen (secondary N) is 2. The molecule has 2 aromatic carbocycles. The highest BCUT2D eigenvalue weighted by Crippen LogP contribution is 2.25. The van der Waals surface area contributed by atoms with E-state index in [0.717, 1.165) is 10.9 Å². The highest BCUT2D eigenvalue weighted by molar-refractivity contribution is 6.10. The number of hydrogen-bond donors (Lipinski definition) is 4. The number of benzene rings is 2. The molecule has 0 radical (unpaired) electrons. The zero-order chi connectivity index (χ0) is 14.1. The molecule has 0 aliphatic heterocycles. The highest BCUT2D eigenvalue weighted by atomic mass is 16.3. The molecule has 1 aromatic heterocycles. The Morgan fingerprint density at radius 1 is 1.20 bits per heavy atom. The van der Waals surface area contributed by atoms with Gasteiger partial charge < -0.3 is 21.1 Å². The van der Waals surface area contributed by atoms with Crippen LogP contribution in [0.15, 0.2) is 48.7 Å². The third-order valence-corrected chi connectivity index (χ3v) is 3.11. The van der Waals surface area contributed by atoms with E-state index in [0.29, 0.717) is 11.4 Å². The maximum absolute atomic E-state index is 12.2. The first-order valence-corrected chi connectivity index (χ1v) is 6.11. The first kappa shape index (κ1) is 12.1. The lowest BCUT2D eigenvalue weighted by Crippen LogP contribution is -2.12. The summed E-state index contributed by atoms with van der Waals surface area (Å²) in [6.07, 6.45) is 1.80. The smallest absolute Gasteiger partial charge is 0.259 e. The predicted octanol–water partition coefficient (Wildman–Crippen LogP) is 2.71. The molecule has 3 aromatic rings. The normalized spacial score (nSPS) is 10.6. The molecule has 0 fully saturated rings. The van der Waals surface area contributed by atoms with Crippen molar-refractivity contribution >= 4 is 28.2 Å². The maximum Gasteiger partial charge on any atom is 0.259 e. The fraction of sp³-hybridized carbons (Fsp3) is 0. The number of rotatable bonds is 2. The molecule has 3 rings (SSSR count). The number of phenolic OH excluding ortho intramolecular Hbond substituents is 1. The Hall–Kier alpha value is -2.95. The zero-order valence-corrected chi connectivity index (χ0v) is 10.6. The Morgan fingerprint density at radius 2 is 2.05 bits per heavy atom. The number of H-pyrrole nitrogens is 1. The van der Waals surface area contributed by atoms with Gasteiger partial charge >= 0.3 is 0 Å². The minimum absolute atomic E-state index is 0.0991. The van der Waals surface area contributed by atoms with Gasteiger partial charge in [0.15, 0.2) is 0 Å². The van der Waals surface area contributed by atoms with Crippen molar-refractivity contribution in [3.8, 4) is 5.75 Å². The lowest BCUT2D eigenvalue weighted by atomic mass is 10.1. The largest absolute Gasteiger partial charge is 0.507 e. The van der Waals surface area contributed by atoms with Gasteiger partial charge in [-0.05, 0) is 36.4 Å². The van der Waals surface area contributed by atoms with Crippen LogP contribution in [0.5, 0.6) is 5.75 Å². The molecule has 0 saturated carbocycles. The molecule has 5 N–H and O–H groups in total. The lowest BCUT2D eigenvalue weighted by Gasteiger charge is -2.08. The van der Waals surface area contributed by atoms with Gasteiger partial charge in [-0.15, -0.1) is 0 Å². The van der Waals surface area contributed by atoms with E-state index >= 15 is 0 Å². The van der Waals surface area contributed by atoms with E-state index in [1.165, 1.54) is 12.1 Å². The van der Waals surface area contributed by atoms with Gasteiger partial charge in [0, 0.05) is 22.8 Å². The highest BCUT2D eigenvalue weighted by Gasteiger charge is 2.13. The number of nitrogens with two attached hydrogens (primary N) is 1. The third kappa shape index (κ3) is 2.05. The van der Waals surface area contributed by atoms with Gasteiger partial charge in [0.1, 0.15) is 5.75 Å². The van der Waals surface area contributed by atoms with Gasteiger partial charge in [0.25, 0.3) is 5.91 Å². The van der Waals surface area contributed by atoms with Crippen molar-refractivity contribution in [3.63, 3.8) is 0 Å². The van der Waals surface area contributed by atoms with E-state index in [1.807, 2.05) is 18.2 Å². The Balaban J connectivity index is 1.96. The first-order chi connectivity index (χ1) is 9.65. The van der Waals surface area contributed by atoms with Crippen LogP contribution in [0.25, 0.3) is 10.9 Å². The lowest BCUT2D eigenvalue weighted by molar-refractivity contribution is 0.102. The maximum atomic E-state index is 12.2. The quantitative estimate of drug-likeness (QED) is 0.425. The molecule has 0 aliphatic rings. The third-order valence-electron chi connectivity index (χ3n) is 3.11. The molecule has 0 unspecified atom stereocenters. The molecule has 0 aliphatic carbocycles. The monoisotopic (exact) mass is 267 g/mol. The molecule has 20 heavy (non-hydrogen) atoms. The van der Waals surface area contributed by atoms with Gasteiger partial charge in [0.05, 0.1) is 11.3 Å². The standard InChI is InChI=1S/C15H13N3O2/c16-9-4-5-14(19)11(8-9)15(20)18-13-3-1-2-12-10(13)6-7-17-12/h1-8,17,19H,16H2,(H,18,20). The SMILES string of the molecule is Nc1ccc(O)c(C(=O)Nc2cccc3[nH]ccc23)c1. The first-order valence-electron chi connectivity index (χ1n) is 6.11. The van der Waals surface area contributed by atoms with Gasteiger partial charge in [-0.3, -0.25) is 4.79 Å². The van der Waals surface area contributed by atoms with Crippen LogP contribution in [0.1, 0.15) is 10.4 Å². The number of carbonyl (C=O) groups is 1. The number of aromatic hydroxyl groups is 1. The molecule has 0 saturated heterocycles. The number of amides is 1. The minimum Gasteiger partial charge on any atom is -0.507 e. The number of aromatic nitrogens is 1. The Kier molecular flexibility index (Phi) is 2.80.